The van der Waals surface area contributed by atoms with Crippen molar-refractivity contribution in [2.45, 2.75) is 0 Å². The molecule has 1 heterocycles. The second-order valence-corrected chi connectivity index (χ2v) is 4.05. The van der Waals surface area contributed by atoms with Crippen LogP contribution >= 0.6 is 0 Å². The van der Waals surface area contributed by atoms with E-state index in [1.54, 1.807) is 4.90 Å². The molecule has 0 atom stereocenters. The summed E-state index contributed by atoms with van der Waals surface area (Å²) >= 11 is 0. The first-order chi connectivity index (χ1) is 7.56. The monoisotopic (exact) mass is 229 g/mol. The van der Waals surface area contributed by atoms with Crippen LogP contribution < -0.4 is 0 Å². The van der Waals surface area contributed by atoms with E-state index in [1.807, 2.05) is 7.05 Å². The molecule has 0 spiro atoms. The van der Waals surface area contributed by atoms with Crippen molar-refractivity contribution < 1.29 is 14.7 Å². The van der Waals surface area contributed by atoms with Gasteiger partial charge in [0.05, 0.1) is 6.61 Å². The Kier molecular flexibility index (Phi) is 4.70. The van der Waals surface area contributed by atoms with Gasteiger partial charge in [-0.15, -0.1) is 0 Å². The molecule has 0 aromatic rings. The van der Waals surface area contributed by atoms with Gasteiger partial charge in [-0.05, 0) is 7.05 Å². The normalized spacial score (nSPS) is 17.3. The number of amides is 2. The SMILES string of the molecule is CN1CCN(C(=O)C(=O)N(C)CCO)CC1. The number of carbonyl (C=O) groups is 2. The topological polar surface area (TPSA) is 64.1 Å². The van der Waals surface area contributed by atoms with E-state index in [9.17, 15) is 9.59 Å². The molecule has 92 valence electrons. The largest absolute Gasteiger partial charge is 0.395 e. The zero-order chi connectivity index (χ0) is 12.1. The maximum Gasteiger partial charge on any atom is 0.312 e. The minimum Gasteiger partial charge on any atom is -0.395 e. The fourth-order valence-corrected chi connectivity index (χ4v) is 1.56. The summed E-state index contributed by atoms with van der Waals surface area (Å²) < 4.78 is 0. The Bertz CT molecular complexity index is 262. The first-order valence-electron chi connectivity index (χ1n) is 5.40. The average Bonchev–Trinajstić information content (AvgIpc) is 2.28. The van der Waals surface area contributed by atoms with E-state index in [0.717, 1.165) is 13.1 Å². The van der Waals surface area contributed by atoms with Gasteiger partial charge in [-0.1, -0.05) is 0 Å². The van der Waals surface area contributed by atoms with Crippen LogP contribution in [0.15, 0.2) is 0 Å². The zero-order valence-corrected chi connectivity index (χ0v) is 9.85. The lowest BCUT2D eigenvalue weighted by atomic mass is 10.3. The maximum atomic E-state index is 11.8. The van der Waals surface area contributed by atoms with E-state index < -0.39 is 11.8 Å². The summed E-state index contributed by atoms with van der Waals surface area (Å²) in [6.07, 6.45) is 0. The van der Waals surface area contributed by atoms with E-state index in [-0.39, 0.29) is 13.2 Å². The Labute approximate surface area is 95.4 Å². The van der Waals surface area contributed by atoms with Gasteiger partial charge in [-0.2, -0.15) is 0 Å². The van der Waals surface area contributed by atoms with Crippen molar-refractivity contribution in [2.24, 2.45) is 0 Å². The molecule has 0 unspecified atom stereocenters. The molecule has 0 radical (unpaired) electrons. The molecule has 0 bridgehead atoms. The molecular formula is C10H19N3O3. The van der Waals surface area contributed by atoms with Crippen LogP contribution in [0, 0.1) is 0 Å². The molecule has 1 aliphatic rings. The Balaban J connectivity index is 2.47. The number of piperazine rings is 1. The highest BCUT2D eigenvalue weighted by atomic mass is 16.3. The summed E-state index contributed by atoms with van der Waals surface area (Å²) in [5.74, 6) is -1.01. The third-order valence-corrected chi connectivity index (χ3v) is 2.76. The molecule has 1 saturated heterocycles. The highest BCUT2D eigenvalue weighted by molar-refractivity contribution is 6.34. The molecule has 6 nitrogen and oxygen atoms in total. The predicted octanol–water partition coefficient (Wildman–Crippen LogP) is -1.79. The molecule has 1 rings (SSSR count). The summed E-state index contributed by atoms with van der Waals surface area (Å²) in [6.45, 7) is 2.84. The molecule has 1 fully saturated rings. The summed E-state index contributed by atoms with van der Waals surface area (Å²) in [5.41, 5.74) is 0. The van der Waals surface area contributed by atoms with Gasteiger partial charge in [0.25, 0.3) is 0 Å². The van der Waals surface area contributed by atoms with Gasteiger partial charge < -0.3 is 19.8 Å². The summed E-state index contributed by atoms with van der Waals surface area (Å²) in [5, 5.41) is 8.69. The molecule has 0 aromatic carbocycles. The fourth-order valence-electron chi connectivity index (χ4n) is 1.56. The van der Waals surface area contributed by atoms with E-state index in [0.29, 0.717) is 13.1 Å². The van der Waals surface area contributed by atoms with Crippen LogP contribution in [0.1, 0.15) is 0 Å². The molecule has 6 heteroatoms. The highest BCUT2D eigenvalue weighted by Crippen LogP contribution is 2.01. The van der Waals surface area contributed by atoms with Crippen molar-refractivity contribution in [3.8, 4) is 0 Å². The van der Waals surface area contributed by atoms with Crippen molar-refractivity contribution >= 4 is 11.8 Å². The first kappa shape index (κ1) is 12.9. The molecule has 0 aromatic heterocycles. The standard InChI is InChI=1S/C10H19N3O3/c1-11-3-5-13(6-4-11)10(16)9(15)12(2)7-8-14/h14H,3-8H2,1-2H3. The third-order valence-electron chi connectivity index (χ3n) is 2.76. The van der Waals surface area contributed by atoms with Crippen LogP contribution in [0.2, 0.25) is 0 Å². The second-order valence-electron chi connectivity index (χ2n) is 4.05. The molecule has 16 heavy (non-hydrogen) atoms. The van der Waals surface area contributed by atoms with Crippen LogP contribution in [0.25, 0.3) is 0 Å². The van der Waals surface area contributed by atoms with E-state index in [2.05, 4.69) is 4.90 Å². The number of hydrogen-bond donors (Lipinski definition) is 1. The summed E-state index contributed by atoms with van der Waals surface area (Å²) in [4.78, 5) is 28.3. The quantitative estimate of drug-likeness (QED) is 0.568. The summed E-state index contributed by atoms with van der Waals surface area (Å²) in [7, 11) is 3.51. The van der Waals surface area contributed by atoms with Gasteiger partial charge >= 0.3 is 11.8 Å². The van der Waals surface area contributed by atoms with Crippen LogP contribution in [0.4, 0.5) is 0 Å². The van der Waals surface area contributed by atoms with E-state index >= 15 is 0 Å². The average molecular weight is 229 g/mol. The van der Waals surface area contributed by atoms with Crippen LogP contribution in [-0.2, 0) is 9.59 Å². The first-order valence-corrected chi connectivity index (χ1v) is 5.40. The third kappa shape index (κ3) is 3.18. The van der Waals surface area contributed by atoms with Crippen molar-refractivity contribution in [3.05, 3.63) is 0 Å². The Morgan fingerprint density at radius 1 is 1.25 bits per heavy atom. The number of carbonyl (C=O) groups excluding carboxylic acids is 2. The smallest absolute Gasteiger partial charge is 0.312 e. The molecule has 2 amide bonds. The van der Waals surface area contributed by atoms with E-state index in [4.69, 9.17) is 5.11 Å². The Morgan fingerprint density at radius 3 is 2.31 bits per heavy atom. The zero-order valence-electron chi connectivity index (χ0n) is 9.85. The number of likely N-dealkylation sites (N-methyl/N-ethyl adjacent to an activating group) is 2. The lowest BCUT2D eigenvalue weighted by molar-refractivity contribution is -0.152. The molecular weight excluding hydrogens is 210 g/mol. The van der Waals surface area contributed by atoms with Crippen LogP contribution in [0.5, 0.6) is 0 Å². The number of aliphatic hydroxyl groups excluding tert-OH is 1. The van der Waals surface area contributed by atoms with Crippen molar-refractivity contribution in [2.75, 3.05) is 53.4 Å². The number of rotatable bonds is 2. The van der Waals surface area contributed by atoms with Gasteiger partial charge in [0.15, 0.2) is 0 Å². The van der Waals surface area contributed by atoms with Gasteiger partial charge in [-0.3, -0.25) is 9.59 Å². The number of nitrogens with zero attached hydrogens (tertiary/aromatic N) is 3. The minimum absolute atomic E-state index is 0.127. The highest BCUT2D eigenvalue weighted by Gasteiger charge is 2.26. The summed E-state index contributed by atoms with van der Waals surface area (Å²) in [6, 6.07) is 0. The molecule has 0 saturated carbocycles. The van der Waals surface area contributed by atoms with Gasteiger partial charge in [0.2, 0.25) is 0 Å². The minimum atomic E-state index is -0.543. The van der Waals surface area contributed by atoms with Crippen molar-refractivity contribution in [3.63, 3.8) is 0 Å². The van der Waals surface area contributed by atoms with Gasteiger partial charge in [-0.25, -0.2) is 0 Å². The Morgan fingerprint density at radius 2 is 1.81 bits per heavy atom. The van der Waals surface area contributed by atoms with Gasteiger partial charge in [0, 0.05) is 39.8 Å². The van der Waals surface area contributed by atoms with Crippen molar-refractivity contribution in [1.82, 2.24) is 14.7 Å². The number of hydrogen-bond acceptors (Lipinski definition) is 4. The second kappa shape index (κ2) is 5.81. The molecule has 1 aliphatic heterocycles. The Hall–Kier alpha value is -1.14. The number of aliphatic hydroxyl groups is 1. The van der Waals surface area contributed by atoms with Gasteiger partial charge in [0.1, 0.15) is 0 Å². The molecule has 1 N–H and O–H groups in total. The predicted molar refractivity (Wildman–Crippen MR) is 58.8 cm³/mol. The van der Waals surface area contributed by atoms with Crippen LogP contribution in [0.3, 0.4) is 0 Å². The molecule has 0 aliphatic carbocycles. The lowest BCUT2D eigenvalue weighted by Crippen LogP contribution is -2.52. The van der Waals surface area contributed by atoms with E-state index in [1.165, 1.54) is 11.9 Å². The maximum absolute atomic E-state index is 11.8. The van der Waals surface area contributed by atoms with Crippen LogP contribution in [-0.4, -0.2) is 85.0 Å². The lowest BCUT2D eigenvalue weighted by Gasteiger charge is -2.32. The van der Waals surface area contributed by atoms with Crippen molar-refractivity contribution in [1.29, 1.82) is 0 Å². The fraction of sp³-hybridized carbons (Fsp3) is 0.800.